The van der Waals surface area contributed by atoms with Crippen LogP contribution in [-0.2, 0) is 19.1 Å². The number of benzene rings is 2. The summed E-state index contributed by atoms with van der Waals surface area (Å²) in [4.78, 5) is 52.6. The Labute approximate surface area is 208 Å². The van der Waals surface area contributed by atoms with E-state index in [1.165, 1.54) is 36.8 Å². The zero-order valence-corrected chi connectivity index (χ0v) is 20.1. The van der Waals surface area contributed by atoms with E-state index in [0.717, 1.165) is 6.42 Å². The molecule has 1 aliphatic heterocycles. The number of amides is 3. The van der Waals surface area contributed by atoms with Crippen molar-refractivity contribution < 1.29 is 33.4 Å². The number of hydrogen-bond acceptors (Lipinski definition) is 7. The second kappa shape index (κ2) is 9.14. The second-order valence-corrected chi connectivity index (χ2v) is 9.22. The van der Waals surface area contributed by atoms with Crippen LogP contribution in [0.25, 0.3) is 0 Å². The molecule has 9 heteroatoms. The maximum absolute atomic E-state index is 13.2. The van der Waals surface area contributed by atoms with Crippen LogP contribution in [0.15, 0.2) is 54.1 Å². The first kappa shape index (κ1) is 23.6. The van der Waals surface area contributed by atoms with E-state index in [1.54, 1.807) is 30.3 Å². The van der Waals surface area contributed by atoms with Crippen LogP contribution >= 0.6 is 0 Å². The summed E-state index contributed by atoms with van der Waals surface area (Å²) in [7, 11) is 2.97. The fraction of sp³-hybridized carbons (Fsp3) is 0.333. The van der Waals surface area contributed by atoms with Crippen molar-refractivity contribution in [3.05, 3.63) is 59.7 Å². The normalized spacial score (nSPS) is 23.9. The number of hydrogen-bond donors (Lipinski definition) is 1. The van der Waals surface area contributed by atoms with E-state index in [9.17, 15) is 19.2 Å². The van der Waals surface area contributed by atoms with Crippen LogP contribution in [0.2, 0.25) is 0 Å². The second-order valence-electron chi connectivity index (χ2n) is 9.22. The summed E-state index contributed by atoms with van der Waals surface area (Å²) in [6, 6.07) is 11.1. The number of ether oxygens (including phenoxy) is 3. The van der Waals surface area contributed by atoms with Gasteiger partial charge in [-0.2, -0.15) is 0 Å². The lowest BCUT2D eigenvalue weighted by atomic mass is 9.82. The molecule has 1 heterocycles. The zero-order valence-electron chi connectivity index (χ0n) is 20.1. The number of carbonyl (C=O) groups is 4. The highest BCUT2D eigenvalue weighted by Gasteiger charge is 2.60. The minimum absolute atomic E-state index is 0.0938. The third-order valence-electron chi connectivity index (χ3n) is 7.24. The fourth-order valence-electron chi connectivity index (χ4n) is 5.61. The van der Waals surface area contributed by atoms with Gasteiger partial charge in [-0.1, -0.05) is 17.7 Å². The van der Waals surface area contributed by atoms with Crippen molar-refractivity contribution in [2.45, 2.75) is 13.3 Å². The Hall–Kier alpha value is -4.14. The van der Waals surface area contributed by atoms with E-state index in [1.807, 2.05) is 6.92 Å². The smallest absolute Gasteiger partial charge is 0.338 e. The van der Waals surface area contributed by atoms with Crippen LogP contribution in [-0.4, -0.2) is 44.5 Å². The van der Waals surface area contributed by atoms with Crippen LogP contribution in [0, 0.1) is 23.7 Å². The molecule has 1 saturated carbocycles. The molecule has 2 fully saturated rings. The molecule has 9 nitrogen and oxygen atoms in total. The number of methoxy groups -OCH3 is 2. The van der Waals surface area contributed by atoms with Crippen LogP contribution in [0.5, 0.6) is 11.5 Å². The van der Waals surface area contributed by atoms with E-state index < -0.39 is 18.5 Å². The molecule has 0 radical (unpaired) electrons. The standard InChI is InChI=1S/C27H26N2O7/c1-14-9-16-11-19(14)24-23(16)25(31)29(26(24)32)17-6-4-5-15(10-17)27(33)36-13-22(30)28-20-12-18(34-2)7-8-21(20)35-3/h4-10,12,16,19,23-24H,11,13H2,1-3H3,(H,28,30)/t16-,19+,23+,24+/m0/s1. The molecule has 2 aliphatic carbocycles. The summed E-state index contributed by atoms with van der Waals surface area (Å²) in [6.07, 6.45) is 2.96. The molecule has 2 aromatic carbocycles. The van der Waals surface area contributed by atoms with Crippen molar-refractivity contribution >= 4 is 35.1 Å². The number of carbonyl (C=O) groups excluding carboxylic acids is 4. The summed E-state index contributed by atoms with van der Waals surface area (Å²) in [6.45, 7) is 1.47. The van der Waals surface area contributed by atoms with Gasteiger partial charge in [0.05, 0.1) is 43.0 Å². The molecule has 186 valence electrons. The van der Waals surface area contributed by atoms with Gasteiger partial charge in [-0.05, 0) is 55.5 Å². The van der Waals surface area contributed by atoms with Crippen molar-refractivity contribution in [1.29, 1.82) is 0 Å². The monoisotopic (exact) mass is 490 g/mol. The number of esters is 1. The van der Waals surface area contributed by atoms with Gasteiger partial charge in [-0.15, -0.1) is 0 Å². The highest BCUT2D eigenvalue weighted by Crippen LogP contribution is 2.55. The topological polar surface area (TPSA) is 111 Å². The lowest BCUT2D eigenvalue weighted by molar-refractivity contribution is -0.123. The number of fused-ring (bicyclic) bond motifs is 5. The molecular weight excluding hydrogens is 464 g/mol. The van der Waals surface area contributed by atoms with Crippen LogP contribution in [0.3, 0.4) is 0 Å². The van der Waals surface area contributed by atoms with Gasteiger partial charge in [-0.25, -0.2) is 9.69 Å². The molecule has 5 rings (SSSR count). The molecule has 0 aromatic heterocycles. The van der Waals surface area contributed by atoms with Gasteiger partial charge in [-0.3, -0.25) is 14.4 Å². The molecule has 0 unspecified atom stereocenters. The zero-order chi connectivity index (χ0) is 25.6. The predicted molar refractivity (Wildman–Crippen MR) is 130 cm³/mol. The van der Waals surface area contributed by atoms with Gasteiger partial charge in [0.2, 0.25) is 11.8 Å². The van der Waals surface area contributed by atoms with Crippen molar-refractivity contribution in [3.8, 4) is 11.5 Å². The Kier molecular flexibility index (Phi) is 5.99. The summed E-state index contributed by atoms with van der Waals surface area (Å²) in [5.74, 6) is -1.28. The number of allylic oxidation sites excluding steroid dienone is 2. The summed E-state index contributed by atoms with van der Waals surface area (Å²) >= 11 is 0. The summed E-state index contributed by atoms with van der Waals surface area (Å²) in [5.41, 5.74) is 2.01. The van der Waals surface area contributed by atoms with Crippen molar-refractivity contribution in [3.63, 3.8) is 0 Å². The molecular formula is C27H26N2O7. The molecule has 3 amide bonds. The molecule has 36 heavy (non-hydrogen) atoms. The average Bonchev–Trinajstić information content (AvgIpc) is 3.52. The van der Waals surface area contributed by atoms with E-state index in [4.69, 9.17) is 14.2 Å². The van der Waals surface area contributed by atoms with E-state index in [-0.39, 0.29) is 41.0 Å². The first-order valence-corrected chi connectivity index (χ1v) is 11.7. The van der Waals surface area contributed by atoms with Crippen LogP contribution < -0.4 is 19.7 Å². The molecule has 4 atom stereocenters. The van der Waals surface area contributed by atoms with Gasteiger partial charge < -0.3 is 19.5 Å². The highest BCUT2D eigenvalue weighted by molar-refractivity contribution is 6.23. The van der Waals surface area contributed by atoms with Crippen LogP contribution in [0.4, 0.5) is 11.4 Å². The minimum atomic E-state index is -0.749. The Morgan fingerprint density at radius 1 is 1.03 bits per heavy atom. The predicted octanol–water partition coefficient (Wildman–Crippen LogP) is 3.20. The third kappa shape index (κ3) is 3.90. The largest absolute Gasteiger partial charge is 0.497 e. The van der Waals surface area contributed by atoms with Crippen molar-refractivity contribution in [2.24, 2.45) is 23.7 Å². The van der Waals surface area contributed by atoms with E-state index in [2.05, 4.69) is 11.4 Å². The minimum Gasteiger partial charge on any atom is -0.497 e. The number of nitrogens with one attached hydrogen (secondary N) is 1. The Balaban J connectivity index is 1.25. The number of imide groups is 1. The molecule has 1 N–H and O–H groups in total. The lowest BCUT2D eigenvalue weighted by Crippen LogP contribution is -2.33. The van der Waals surface area contributed by atoms with Gasteiger partial charge in [0, 0.05) is 6.07 Å². The van der Waals surface area contributed by atoms with Gasteiger partial charge in [0.25, 0.3) is 5.91 Å². The van der Waals surface area contributed by atoms with Crippen molar-refractivity contribution in [1.82, 2.24) is 0 Å². The Morgan fingerprint density at radius 2 is 1.81 bits per heavy atom. The van der Waals surface area contributed by atoms with Crippen molar-refractivity contribution in [2.75, 3.05) is 31.0 Å². The quantitative estimate of drug-likeness (QED) is 0.360. The number of nitrogens with zero attached hydrogens (tertiary/aromatic N) is 1. The molecule has 3 aliphatic rings. The Morgan fingerprint density at radius 3 is 2.56 bits per heavy atom. The average molecular weight is 491 g/mol. The molecule has 2 bridgehead atoms. The van der Waals surface area contributed by atoms with Gasteiger partial charge in [0.15, 0.2) is 6.61 Å². The summed E-state index contributed by atoms with van der Waals surface area (Å²) < 4.78 is 15.6. The van der Waals surface area contributed by atoms with Gasteiger partial charge >= 0.3 is 5.97 Å². The first-order chi connectivity index (χ1) is 17.3. The first-order valence-electron chi connectivity index (χ1n) is 11.7. The maximum Gasteiger partial charge on any atom is 0.338 e. The maximum atomic E-state index is 13.2. The highest BCUT2D eigenvalue weighted by atomic mass is 16.5. The molecule has 0 spiro atoms. The van der Waals surface area contributed by atoms with E-state index >= 15 is 0 Å². The lowest BCUT2D eigenvalue weighted by Gasteiger charge is -2.19. The molecule has 1 saturated heterocycles. The van der Waals surface area contributed by atoms with Gasteiger partial charge in [0.1, 0.15) is 11.5 Å². The Bertz CT molecular complexity index is 1300. The number of anilines is 2. The van der Waals surface area contributed by atoms with E-state index in [0.29, 0.717) is 22.9 Å². The fourth-order valence-corrected chi connectivity index (χ4v) is 5.61. The number of rotatable bonds is 7. The molecule has 2 aromatic rings. The third-order valence-corrected chi connectivity index (χ3v) is 7.24. The summed E-state index contributed by atoms with van der Waals surface area (Å²) in [5, 5.41) is 2.63. The van der Waals surface area contributed by atoms with Crippen LogP contribution in [0.1, 0.15) is 23.7 Å². The SMILES string of the molecule is COc1ccc(OC)c(NC(=O)COC(=O)c2cccc(N3C(=O)[C@H]4[C@H](C3=O)[C@H]3C=C(C)[C@H]4C3)c2)c1.